The topological polar surface area (TPSA) is 114 Å². The Bertz CT molecular complexity index is 1190. The van der Waals surface area contributed by atoms with Crippen LogP contribution in [0.5, 0.6) is 0 Å². The second kappa shape index (κ2) is 9.56. The molecule has 4 rings (SSSR count). The van der Waals surface area contributed by atoms with Gasteiger partial charge in [-0.05, 0) is 41.8 Å². The maximum Gasteiger partial charge on any atom is 0.222 e. The lowest BCUT2D eigenvalue weighted by Crippen LogP contribution is -2.09. The molecule has 0 aliphatic carbocycles. The normalized spacial score (nSPS) is 12.1. The van der Waals surface area contributed by atoms with Gasteiger partial charge in [0.1, 0.15) is 17.6 Å². The van der Waals surface area contributed by atoms with E-state index in [4.69, 9.17) is 10.1 Å². The molecule has 9 heteroatoms. The fourth-order valence-electron chi connectivity index (χ4n) is 3.67. The number of aromatic nitrogens is 8. The van der Waals surface area contributed by atoms with Crippen molar-refractivity contribution in [2.24, 2.45) is 0 Å². The predicted molar refractivity (Wildman–Crippen MR) is 120 cm³/mol. The Morgan fingerprint density at radius 2 is 1.97 bits per heavy atom. The highest BCUT2D eigenvalue weighted by atomic mass is 15.5. The third-order valence-electron chi connectivity index (χ3n) is 5.66. The maximum atomic E-state index is 9.47. The number of hydrogen-bond acceptors (Lipinski definition) is 6. The summed E-state index contributed by atoms with van der Waals surface area (Å²) in [5, 5.41) is 28.4. The number of aryl methyl sites for hydroxylation is 1. The first-order valence-corrected chi connectivity index (χ1v) is 11.0. The zero-order valence-electron chi connectivity index (χ0n) is 18.7. The van der Waals surface area contributed by atoms with Crippen LogP contribution in [-0.2, 0) is 13.0 Å². The van der Waals surface area contributed by atoms with E-state index in [1.165, 1.54) is 0 Å². The molecule has 0 saturated heterocycles. The lowest BCUT2D eigenvalue weighted by Gasteiger charge is -2.12. The van der Waals surface area contributed by atoms with Crippen molar-refractivity contribution in [1.82, 2.24) is 40.0 Å². The highest BCUT2D eigenvalue weighted by Crippen LogP contribution is 2.25. The standard InChI is InChI=1S/C23H27N9/c1-4-6-7-20-25-23(16(3)5-2)32(28-20)15-17-8-10-19(11-9-17)31-13-12-18(14-24)21(31)22-26-29-30-27-22/h8-13,16H,4-7,15H2,1-3H3,(H,26,27,29,30). The van der Waals surface area contributed by atoms with Gasteiger partial charge < -0.3 is 4.57 Å². The van der Waals surface area contributed by atoms with Crippen LogP contribution < -0.4 is 0 Å². The molecule has 164 valence electrons. The van der Waals surface area contributed by atoms with Gasteiger partial charge >= 0.3 is 0 Å². The summed E-state index contributed by atoms with van der Waals surface area (Å²) >= 11 is 0. The van der Waals surface area contributed by atoms with E-state index in [0.29, 0.717) is 29.5 Å². The van der Waals surface area contributed by atoms with E-state index in [1.54, 1.807) is 6.07 Å². The van der Waals surface area contributed by atoms with E-state index < -0.39 is 0 Å². The third kappa shape index (κ3) is 4.30. The highest BCUT2D eigenvalue weighted by molar-refractivity contribution is 5.64. The predicted octanol–water partition coefficient (Wildman–Crippen LogP) is 4.02. The Morgan fingerprint density at radius 3 is 2.62 bits per heavy atom. The molecule has 3 aromatic heterocycles. The Balaban J connectivity index is 1.61. The fraction of sp³-hybridized carbons (Fsp3) is 0.391. The van der Waals surface area contributed by atoms with Gasteiger partial charge in [-0.1, -0.05) is 39.3 Å². The average molecular weight is 430 g/mol. The first kappa shape index (κ1) is 21.4. The van der Waals surface area contributed by atoms with Gasteiger partial charge in [0.05, 0.1) is 12.1 Å². The van der Waals surface area contributed by atoms with Crippen LogP contribution in [0.1, 0.15) is 68.7 Å². The average Bonchev–Trinajstić information content (AvgIpc) is 3.57. The lowest BCUT2D eigenvalue weighted by atomic mass is 10.1. The number of nitrogens with zero attached hydrogens (tertiary/aromatic N) is 8. The molecule has 0 radical (unpaired) electrons. The van der Waals surface area contributed by atoms with Crippen molar-refractivity contribution in [3.05, 3.63) is 59.3 Å². The molecule has 9 nitrogen and oxygen atoms in total. The van der Waals surface area contributed by atoms with Gasteiger partial charge in [0.15, 0.2) is 5.82 Å². The Kier molecular flexibility index (Phi) is 6.40. The molecule has 0 bridgehead atoms. The van der Waals surface area contributed by atoms with Crippen LogP contribution >= 0.6 is 0 Å². The zero-order chi connectivity index (χ0) is 22.5. The van der Waals surface area contributed by atoms with Gasteiger partial charge in [-0.25, -0.2) is 9.67 Å². The monoisotopic (exact) mass is 429 g/mol. The quantitative estimate of drug-likeness (QED) is 0.430. The van der Waals surface area contributed by atoms with Crippen molar-refractivity contribution < 1.29 is 0 Å². The summed E-state index contributed by atoms with van der Waals surface area (Å²) in [5.41, 5.74) is 3.17. The molecule has 0 saturated carbocycles. The van der Waals surface area contributed by atoms with E-state index in [-0.39, 0.29) is 0 Å². The molecule has 0 aliphatic rings. The number of hydrogen-bond donors (Lipinski definition) is 1. The number of tetrazole rings is 1. The molecular weight excluding hydrogens is 402 g/mol. The van der Waals surface area contributed by atoms with Gasteiger partial charge in [0, 0.05) is 24.2 Å². The molecule has 0 fully saturated rings. The van der Waals surface area contributed by atoms with E-state index in [0.717, 1.165) is 48.6 Å². The minimum Gasteiger partial charge on any atom is -0.313 e. The van der Waals surface area contributed by atoms with Crippen LogP contribution in [0.15, 0.2) is 36.5 Å². The number of rotatable bonds is 9. The van der Waals surface area contributed by atoms with Crippen molar-refractivity contribution in [3.8, 4) is 23.3 Å². The summed E-state index contributed by atoms with van der Waals surface area (Å²) in [5.74, 6) is 2.72. The molecule has 1 N–H and O–H groups in total. The Morgan fingerprint density at radius 1 is 1.16 bits per heavy atom. The SMILES string of the molecule is CCCCc1nc(C(C)CC)n(Cc2ccc(-n3ccc(C#N)c3-c3nn[nH]n3)cc2)n1. The van der Waals surface area contributed by atoms with Crippen molar-refractivity contribution in [2.45, 2.75) is 58.9 Å². The van der Waals surface area contributed by atoms with Gasteiger partial charge in [-0.15, -0.1) is 10.2 Å². The van der Waals surface area contributed by atoms with Crippen LogP contribution in [0.3, 0.4) is 0 Å². The number of nitriles is 1. The lowest BCUT2D eigenvalue weighted by molar-refractivity contribution is 0.574. The molecule has 0 amide bonds. The number of nitrogens with one attached hydrogen (secondary N) is 1. The van der Waals surface area contributed by atoms with Gasteiger partial charge in [-0.3, -0.25) is 0 Å². The van der Waals surface area contributed by atoms with Gasteiger partial charge in [-0.2, -0.15) is 15.6 Å². The minimum atomic E-state index is 0.360. The first-order valence-electron chi connectivity index (χ1n) is 11.0. The summed E-state index contributed by atoms with van der Waals surface area (Å²) in [6.07, 6.45) is 6.02. The summed E-state index contributed by atoms with van der Waals surface area (Å²) < 4.78 is 3.94. The third-order valence-corrected chi connectivity index (χ3v) is 5.66. The number of H-pyrrole nitrogens is 1. The maximum absolute atomic E-state index is 9.47. The largest absolute Gasteiger partial charge is 0.313 e. The molecule has 0 aliphatic heterocycles. The van der Waals surface area contributed by atoms with E-state index in [2.05, 4.69) is 59.6 Å². The minimum absolute atomic E-state index is 0.360. The second-order valence-electron chi connectivity index (χ2n) is 7.92. The summed E-state index contributed by atoms with van der Waals surface area (Å²) in [7, 11) is 0. The molecule has 1 aromatic carbocycles. The number of unbranched alkanes of at least 4 members (excludes halogenated alkanes) is 1. The van der Waals surface area contributed by atoms with Gasteiger partial charge in [0.25, 0.3) is 0 Å². The summed E-state index contributed by atoms with van der Waals surface area (Å²) in [6.45, 7) is 7.23. The van der Waals surface area contributed by atoms with E-state index in [9.17, 15) is 5.26 Å². The number of benzene rings is 1. The van der Waals surface area contributed by atoms with Crippen LogP contribution in [0, 0.1) is 11.3 Å². The van der Waals surface area contributed by atoms with Crippen LogP contribution in [0.25, 0.3) is 17.2 Å². The Labute approximate surface area is 187 Å². The highest BCUT2D eigenvalue weighted by Gasteiger charge is 2.18. The van der Waals surface area contributed by atoms with Crippen LogP contribution in [-0.4, -0.2) is 40.0 Å². The molecule has 1 atom stereocenters. The first-order chi connectivity index (χ1) is 15.6. The summed E-state index contributed by atoms with van der Waals surface area (Å²) in [6, 6.07) is 12.2. The van der Waals surface area contributed by atoms with Crippen LogP contribution in [0.4, 0.5) is 0 Å². The number of aromatic amines is 1. The molecular formula is C23H27N9. The summed E-state index contributed by atoms with van der Waals surface area (Å²) in [4.78, 5) is 4.83. The second-order valence-corrected chi connectivity index (χ2v) is 7.92. The molecule has 32 heavy (non-hydrogen) atoms. The van der Waals surface area contributed by atoms with Crippen molar-refractivity contribution in [1.29, 1.82) is 5.26 Å². The van der Waals surface area contributed by atoms with E-state index in [1.807, 2.05) is 27.6 Å². The Hall–Kier alpha value is -3.80. The van der Waals surface area contributed by atoms with Crippen molar-refractivity contribution in [3.63, 3.8) is 0 Å². The molecule has 1 unspecified atom stereocenters. The molecule has 3 heterocycles. The molecule has 0 spiro atoms. The van der Waals surface area contributed by atoms with Gasteiger partial charge in [0.2, 0.25) is 5.82 Å². The van der Waals surface area contributed by atoms with Crippen molar-refractivity contribution >= 4 is 0 Å². The molecule has 4 aromatic rings. The fourth-order valence-corrected chi connectivity index (χ4v) is 3.67. The van der Waals surface area contributed by atoms with Crippen molar-refractivity contribution in [2.75, 3.05) is 0 Å². The zero-order valence-corrected chi connectivity index (χ0v) is 18.7. The van der Waals surface area contributed by atoms with E-state index >= 15 is 0 Å². The van der Waals surface area contributed by atoms with Crippen LogP contribution in [0.2, 0.25) is 0 Å². The smallest absolute Gasteiger partial charge is 0.222 e.